The molecule has 0 aliphatic carbocycles. The predicted molar refractivity (Wildman–Crippen MR) is 36.5 cm³/mol. The third kappa shape index (κ3) is 2.58. The first-order chi connectivity index (χ1) is 3.55. The molecule has 0 amide bonds. The quantitative estimate of drug-likeness (QED) is 0.554. The zero-order valence-electron chi connectivity index (χ0n) is 5.79. The minimum Gasteiger partial charge on any atom is -0.347 e. The molecule has 0 aliphatic rings. The number of nitrogens with zero attached hydrogens (tertiary/aromatic N) is 2. The van der Waals surface area contributed by atoms with Crippen LogP contribution in [0.2, 0.25) is 0 Å². The molecule has 0 aromatic carbocycles. The molecular weight excluding hydrogens is 123 g/mol. The molecule has 0 rings (SSSR count). The van der Waals surface area contributed by atoms with E-state index in [0.717, 1.165) is 0 Å². The molecule has 8 heavy (non-hydrogen) atoms. The summed E-state index contributed by atoms with van der Waals surface area (Å²) in [6, 6.07) is 0. The summed E-state index contributed by atoms with van der Waals surface area (Å²) in [6.07, 6.45) is 0. The lowest BCUT2D eigenvalue weighted by atomic mass is 11.3. The van der Waals surface area contributed by atoms with Gasteiger partial charge in [0, 0.05) is 0 Å². The summed E-state index contributed by atoms with van der Waals surface area (Å²) in [6.45, 7) is 0. The summed E-state index contributed by atoms with van der Waals surface area (Å²) >= 11 is 0. The maximum atomic E-state index is 9.12. The minimum absolute atomic E-state index is 1.03. The van der Waals surface area contributed by atoms with Crippen LogP contribution in [0, 0.1) is 0 Å². The van der Waals surface area contributed by atoms with Gasteiger partial charge in [-0.2, -0.15) is 0 Å². The Kier molecular flexibility index (Phi) is 3.49. The van der Waals surface area contributed by atoms with Crippen molar-refractivity contribution in [2.45, 2.75) is 0 Å². The fourth-order valence-corrected chi connectivity index (χ4v) is 1.07. The molecule has 0 saturated heterocycles. The topological polar surface area (TPSA) is 26.7 Å². The monoisotopic (exact) mass is 136 g/mol. The van der Waals surface area contributed by atoms with E-state index in [9.17, 15) is 0 Å². The maximum absolute atomic E-state index is 9.12. The first-order valence-electron chi connectivity index (χ1n) is 2.39. The molecule has 0 aromatic rings. The van der Waals surface area contributed by atoms with Crippen molar-refractivity contribution in [1.82, 2.24) is 9.34 Å². The van der Waals surface area contributed by atoms with E-state index < -0.39 is 8.45 Å². The van der Waals surface area contributed by atoms with Crippen LogP contribution in [0.3, 0.4) is 0 Å². The van der Waals surface area contributed by atoms with E-state index >= 15 is 0 Å². The van der Waals surface area contributed by atoms with Gasteiger partial charge in [0.25, 0.3) is 0 Å². The summed E-state index contributed by atoms with van der Waals surface area (Å²) in [5.74, 6) is 0. The highest BCUT2D eigenvalue weighted by molar-refractivity contribution is 7.46. The Balaban J connectivity index is 3.46. The van der Waals surface area contributed by atoms with E-state index in [2.05, 4.69) is 0 Å². The van der Waals surface area contributed by atoms with Crippen LogP contribution in [-0.4, -0.2) is 42.4 Å². The van der Waals surface area contributed by atoms with Gasteiger partial charge >= 0.3 is 0 Å². The lowest BCUT2D eigenvalue weighted by molar-refractivity contribution is 0.448. The second kappa shape index (κ2) is 3.36. The first-order valence-corrected chi connectivity index (χ1v) is 3.59. The van der Waals surface area contributed by atoms with Gasteiger partial charge in [0.1, 0.15) is 0 Å². The molecule has 0 aromatic heterocycles. The zero-order valence-corrected chi connectivity index (χ0v) is 6.68. The van der Waals surface area contributed by atoms with Crippen molar-refractivity contribution < 1.29 is 4.89 Å². The molecule has 0 radical (unpaired) electrons. The van der Waals surface area contributed by atoms with Crippen molar-refractivity contribution >= 4 is 8.45 Å². The lowest BCUT2D eigenvalue weighted by Crippen LogP contribution is -2.15. The van der Waals surface area contributed by atoms with Crippen LogP contribution in [-0.2, 0) is 0 Å². The molecule has 50 valence electrons. The molecule has 0 atom stereocenters. The van der Waals surface area contributed by atoms with Crippen LogP contribution >= 0.6 is 8.45 Å². The van der Waals surface area contributed by atoms with Crippen LogP contribution in [0.1, 0.15) is 0 Å². The van der Waals surface area contributed by atoms with Gasteiger partial charge in [-0.05, 0) is 28.2 Å². The normalized spacial score (nSPS) is 12.0. The van der Waals surface area contributed by atoms with Crippen LogP contribution in [0.15, 0.2) is 0 Å². The summed E-state index contributed by atoms with van der Waals surface area (Å²) in [5.41, 5.74) is 0. The third-order valence-electron chi connectivity index (χ3n) is 0.716. The smallest absolute Gasteiger partial charge is 0.184 e. The fraction of sp³-hybridized carbons (Fsp3) is 1.00. The van der Waals surface area contributed by atoms with Crippen molar-refractivity contribution in [3.8, 4) is 0 Å². The van der Waals surface area contributed by atoms with Crippen molar-refractivity contribution in [3.05, 3.63) is 0 Å². The lowest BCUT2D eigenvalue weighted by Gasteiger charge is -2.22. The van der Waals surface area contributed by atoms with Crippen LogP contribution < -0.4 is 0 Å². The Morgan fingerprint density at radius 1 is 1.00 bits per heavy atom. The molecule has 0 bridgehead atoms. The van der Waals surface area contributed by atoms with E-state index in [1.807, 2.05) is 28.2 Å². The molecule has 0 aliphatic heterocycles. The van der Waals surface area contributed by atoms with Gasteiger partial charge in [-0.15, -0.1) is 0 Å². The number of hydrogen-bond acceptors (Lipinski definition) is 3. The van der Waals surface area contributed by atoms with E-state index in [4.69, 9.17) is 4.89 Å². The van der Waals surface area contributed by atoms with Crippen LogP contribution in [0.4, 0.5) is 0 Å². The van der Waals surface area contributed by atoms with Gasteiger partial charge in [-0.3, -0.25) is 9.34 Å². The molecule has 0 unspecified atom stereocenters. The van der Waals surface area contributed by atoms with E-state index in [1.54, 1.807) is 9.34 Å². The van der Waals surface area contributed by atoms with Gasteiger partial charge in [0.15, 0.2) is 8.45 Å². The third-order valence-corrected chi connectivity index (χ3v) is 2.15. The average molecular weight is 136 g/mol. The molecule has 3 nitrogen and oxygen atoms in total. The van der Waals surface area contributed by atoms with Gasteiger partial charge < -0.3 is 4.89 Å². The van der Waals surface area contributed by atoms with E-state index in [-0.39, 0.29) is 0 Å². The molecule has 0 fully saturated rings. The van der Waals surface area contributed by atoms with Gasteiger partial charge in [0.2, 0.25) is 0 Å². The Morgan fingerprint density at radius 2 is 1.25 bits per heavy atom. The van der Waals surface area contributed by atoms with E-state index in [0.29, 0.717) is 0 Å². The van der Waals surface area contributed by atoms with Gasteiger partial charge in [0.05, 0.1) is 0 Å². The molecule has 0 spiro atoms. The second-order valence-electron chi connectivity index (χ2n) is 1.96. The second-order valence-corrected chi connectivity index (χ2v) is 4.10. The number of rotatable bonds is 2. The minimum atomic E-state index is -1.03. The Hall–Kier alpha value is 0.310. The summed E-state index contributed by atoms with van der Waals surface area (Å²) in [7, 11) is 6.38. The van der Waals surface area contributed by atoms with Crippen molar-refractivity contribution in [2.75, 3.05) is 28.2 Å². The zero-order chi connectivity index (χ0) is 6.73. The average Bonchev–Trinajstić information content (AvgIpc) is 1.64. The number of hydrogen-bond donors (Lipinski definition) is 1. The molecule has 0 saturated carbocycles. The van der Waals surface area contributed by atoms with Gasteiger partial charge in [-0.25, -0.2) is 0 Å². The predicted octanol–water partition coefficient (Wildman–Crippen LogP) is 0.329. The molecular formula is C4H13N2OP. The van der Waals surface area contributed by atoms with Crippen LogP contribution in [0.25, 0.3) is 0 Å². The fourth-order valence-electron chi connectivity index (χ4n) is 0.358. The SMILES string of the molecule is CN(C)P(O)N(C)C. The standard InChI is InChI=1S/C4H13N2OP/c1-5(2)8(7)6(3)4/h7H,1-4H3. The highest BCUT2D eigenvalue weighted by Crippen LogP contribution is 2.33. The highest BCUT2D eigenvalue weighted by Gasteiger charge is 2.07. The Morgan fingerprint density at radius 3 is 1.25 bits per heavy atom. The summed E-state index contributed by atoms with van der Waals surface area (Å²) in [5, 5.41) is 0. The first kappa shape index (κ1) is 8.31. The Labute approximate surface area is 51.8 Å². The van der Waals surface area contributed by atoms with E-state index in [1.165, 1.54) is 0 Å². The Bertz CT molecular complexity index is 59.1. The van der Waals surface area contributed by atoms with Crippen molar-refractivity contribution in [2.24, 2.45) is 0 Å². The highest BCUT2D eigenvalue weighted by atomic mass is 31.2. The maximum Gasteiger partial charge on any atom is 0.184 e. The van der Waals surface area contributed by atoms with Gasteiger partial charge in [-0.1, -0.05) is 0 Å². The summed E-state index contributed by atoms with van der Waals surface area (Å²) < 4.78 is 3.57. The molecule has 1 N–H and O–H groups in total. The van der Waals surface area contributed by atoms with Crippen molar-refractivity contribution in [1.29, 1.82) is 0 Å². The summed E-state index contributed by atoms with van der Waals surface area (Å²) in [4.78, 5) is 9.12. The molecule has 4 heteroatoms. The van der Waals surface area contributed by atoms with Crippen LogP contribution in [0.5, 0.6) is 0 Å². The molecule has 0 heterocycles. The van der Waals surface area contributed by atoms with Crippen molar-refractivity contribution in [3.63, 3.8) is 0 Å². The largest absolute Gasteiger partial charge is 0.347 e.